The van der Waals surface area contributed by atoms with Crippen molar-refractivity contribution in [2.45, 2.75) is 33.4 Å². The van der Waals surface area contributed by atoms with Crippen molar-refractivity contribution in [3.05, 3.63) is 111 Å². The van der Waals surface area contributed by atoms with Crippen molar-refractivity contribution in [3.63, 3.8) is 0 Å². The van der Waals surface area contributed by atoms with Crippen molar-refractivity contribution in [1.82, 2.24) is 24.4 Å². The van der Waals surface area contributed by atoms with Gasteiger partial charge in [0.05, 0.1) is 31.0 Å². The van der Waals surface area contributed by atoms with Gasteiger partial charge in [0.25, 0.3) is 5.56 Å². The highest BCUT2D eigenvalue weighted by Gasteiger charge is 2.35. The van der Waals surface area contributed by atoms with E-state index in [-0.39, 0.29) is 33.6 Å². The Labute approximate surface area is 219 Å². The molecule has 1 unspecified atom stereocenters. The summed E-state index contributed by atoms with van der Waals surface area (Å²) in [5.74, 6) is 0.765. The first-order valence-corrected chi connectivity index (χ1v) is 12.4. The Bertz CT molecular complexity index is 1600. The maximum Gasteiger partial charge on any atom is 0.282 e. The fraction of sp³-hybridized carbons (Fsp3) is 0.250. The molecule has 0 saturated carbocycles. The molecule has 188 valence electrons. The van der Waals surface area contributed by atoms with E-state index in [0.717, 1.165) is 5.56 Å². The zero-order valence-corrected chi connectivity index (χ0v) is 21.6. The summed E-state index contributed by atoms with van der Waals surface area (Å²) in [5, 5.41) is 0.152. The average Bonchev–Trinajstić information content (AvgIpc) is 3.24. The van der Waals surface area contributed by atoms with Crippen molar-refractivity contribution in [3.8, 4) is 0 Å². The molecule has 5 rings (SSSR count). The molecule has 0 amide bonds. The van der Waals surface area contributed by atoms with Crippen LogP contribution in [0.4, 0.5) is 4.39 Å². The zero-order valence-electron chi connectivity index (χ0n) is 20.8. The predicted molar refractivity (Wildman–Crippen MR) is 143 cm³/mol. The summed E-state index contributed by atoms with van der Waals surface area (Å²) >= 11 is 6.11. The van der Waals surface area contributed by atoms with Crippen molar-refractivity contribution in [1.29, 1.82) is 0 Å². The van der Waals surface area contributed by atoms with Gasteiger partial charge in [-0.15, -0.1) is 0 Å². The summed E-state index contributed by atoms with van der Waals surface area (Å²) in [7, 11) is 0. The molecular weight excluding hydrogens is 491 g/mol. The number of halogens is 2. The van der Waals surface area contributed by atoms with Gasteiger partial charge < -0.3 is 4.90 Å². The molecule has 0 saturated heterocycles. The third-order valence-corrected chi connectivity index (χ3v) is 6.59. The molecule has 2 aromatic heterocycles. The average molecular weight is 517 g/mol. The normalized spacial score (nSPS) is 14.5. The molecular formula is C28H26ClFN6O. The van der Waals surface area contributed by atoms with Crippen LogP contribution >= 0.6 is 11.6 Å². The minimum atomic E-state index is -0.399. The topological polar surface area (TPSA) is 76.3 Å². The molecule has 2 aromatic carbocycles. The summed E-state index contributed by atoms with van der Waals surface area (Å²) in [5.41, 5.74) is 2.78. The van der Waals surface area contributed by atoms with Gasteiger partial charge in [0.15, 0.2) is 11.2 Å². The Morgan fingerprint density at radius 2 is 1.89 bits per heavy atom. The van der Waals surface area contributed by atoms with Gasteiger partial charge in [-0.1, -0.05) is 74.5 Å². The lowest BCUT2D eigenvalue weighted by atomic mass is 9.99. The van der Waals surface area contributed by atoms with E-state index in [0.29, 0.717) is 41.6 Å². The molecule has 0 N–H and O–H groups in total. The van der Waals surface area contributed by atoms with Crippen LogP contribution in [0.25, 0.3) is 11.2 Å². The second kappa shape index (κ2) is 9.86. The Balaban J connectivity index is 1.71. The smallest absolute Gasteiger partial charge is 0.282 e. The molecule has 9 heteroatoms. The number of aliphatic imine (C=N–C) groups is 1. The number of fused-ring (bicyclic) bond motifs is 1. The lowest BCUT2D eigenvalue weighted by Crippen LogP contribution is -2.40. The molecule has 3 heterocycles. The molecule has 0 spiro atoms. The van der Waals surface area contributed by atoms with Crippen molar-refractivity contribution < 1.29 is 4.39 Å². The lowest BCUT2D eigenvalue weighted by molar-refractivity contribution is 0.256. The first-order valence-electron chi connectivity index (χ1n) is 12.0. The Morgan fingerprint density at radius 1 is 1.14 bits per heavy atom. The molecule has 4 aromatic rings. The van der Waals surface area contributed by atoms with E-state index in [1.165, 1.54) is 12.3 Å². The van der Waals surface area contributed by atoms with Gasteiger partial charge in [-0.3, -0.25) is 9.36 Å². The molecule has 0 radical (unpaired) electrons. The molecule has 0 fully saturated rings. The second-order valence-electron chi connectivity index (χ2n) is 9.49. The number of rotatable bonds is 6. The van der Waals surface area contributed by atoms with Gasteiger partial charge in [0.2, 0.25) is 0 Å². The van der Waals surface area contributed by atoms with Gasteiger partial charge >= 0.3 is 0 Å². The van der Waals surface area contributed by atoms with E-state index < -0.39 is 6.04 Å². The molecule has 1 atom stereocenters. The summed E-state index contributed by atoms with van der Waals surface area (Å²) in [6.07, 6.45) is 1.35. The quantitative estimate of drug-likeness (QED) is 0.347. The summed E-state index contributed by atoms with van der Waals surface area (Å²) in [6.45, 7) is 10.6. The number of benzene rings is 2. The van der Waals surface area contributed by atoms with Gasteiger partial charge in [-0.05, 0) is 30.0 Å². The highest BCUT2D eigenvalue weighted by Crippen LogP contribution is 2.34. The molecule has 1 aliphatic rings. The van der Waals surface area contributed by atoms with E-state index in [1.807, 2.05) is 55.1 Å². The number of amidine groups is 1. The van der Waals surface area contributed by atoms with E-state index >= 15 is 0 Å². The third kappa shape index (κ3) is 4.76. The number of aryl methyl sites for hydroxylation is 1. The maximum atomic E-state index is 14.5. The van der Waals surface area contributed by atoms with Crippen LogP contribution in [-0.2, 0) is 6.54 Å². The van der Waals surface area contributed by atoms with Crippen LogP contribution in [0.5, 0.6) is 0 Å². The van der Waals surface area contributed by atoms with Crippen molar-refractivity contribution in [2.24, 2.45) is 10.9 Å². The molecule has 0 aliphatic carbocycles. The van der Waals surface area contributed by atoms with Crippen LogP contribution in [0.2, 0.25) is 5.15 Å². The summed E-state index contributed by atoms with van der Waals surface area (Å²) < 4.78 is 16.2. The molecule has 1 aliphatic heterocycles. The highest BCUT2D eigenvalue weighted by molar-refractivity contribution is 6.29. The zero-order chi connectivity index (χ0) is 26.3. The van der Waals surface area contributed by atoms with Gasteiger partial charge in [-0.25, -0.2) is 24.3 Å². The van der Waals surface area contributed by atoms with Crippen LogP contribution in [0, 0.1) is 18.7 Å². The molecule has 7 nitrogen and oxygen atoms in total. The van der Waals surface area contributed by atoms with Gasteiger partial charge in [0.1, 0.15) is 22.6 Å². The minimum Gasteiger partial charge on any atom is -0.340 e. The Hall–Kier alpha value is -3.91. The number of aromatic nitrogens is 4. The standard InChI is InChI=1S/C28H26ClFN6O/c1-16(2)24(35-14-18(4)32-26(35)20-11-10-17(3)21(30)12-20)27-34-25-23(31-13-22(29)33-25)28(37)36(27)15-19-8-6-5-7-9-19/h5-13,16,24H,4,14-15H2,1-3H3. The second-order valence-corrected chi connectivity index (χ2v) is 9.88. The molecule has 37 heavy (non-hydrogen) atoms. The minimum absolute atomic E-state index is 0.00934. The number of hydrogen-bond donors (Lipinski definition) is 0. The summed E-state index contributed by atoms with van der Waals surface area (Å²) in [4.78, 5) is 33.8. The van der Waals surface area contributed by atoms with E-state index in [4.69, 9.17) is 16.6 Å². The summed E-state index contributed by atoms with van der Waals surface area (Å²) in [6, 6.07) is 14.3. The van der Waals surface area contributed by atoms with Crippen LogP contribution in [0.3, 0.4) is 0 Å². The van der Waals surface area contributed by atoms with E-state index in [9.17, 15) is 9.18 Å². The first kappa shape index (κ1) is 24.8. The predicted octanol–water partition coefficient (Wildman–Crippen LogP) is 5.31. The van der Waals surface area contributed by atoms with Gasteiger partial charge in [0, 0.05) is 5.56 Å². The number of nitrogens with zero attached hydrogens (tertiary/aromatic N) is 6. The Kier molecular flexibility index (Phi) is 6.60. The Morgan fingerprint density at radius 3 is 2.59 bits per heavy atom. The van der Waals surface area contributed by atoms with Crippen LogP contribution < -0.4 is 5.56 Å². The van der Waals surface area contributed by atoms with E-state index in [1.54, 1.807) is 17.6 Å². The largest absolute Gasteiger partial charge is 0.340 e. The third-order valence-electron chi connectivity index (χ3n) is 6.40. The van der Waals surface area contributed by atoms with Crippen molar-refractivity contribution >= 4 is 28.6 Å². The van der Waals surface area contributed by atoms with Crippen LogP contribution in [0.15, 0.2) is 76.8 Å². The molecule has 0 bridgehead atoms. The van der Waals surface area contributed by atoms with Crippen LogP contribution in [0.1, 0.15) is 42.4 Å². The highest BCUT2D eigenvalue weighted by atomic mass is 35.5. The number of hydrogen-bond acceptors (Lipinski definition) is 6. The van der Waals surface area contributed by atoms with Gasteiger partial charge in [-0.2, -0.15) is 0 Å². The fourth-order valence-electron chi connectivity index (χ4n) is 4.64. The maximum absolute atomic E-state index is 14.5. The fourth-order valence-corrected chi connectivity index (χ4v) is 4.77. The lowest BCUT2D eigenvalue weighted by Gasteiger charge is -2.34. The first-order chi connectivity index (χ1) is 17.7. The SMILES string of the molecule is C=C1CN(C(c2nc3nc(Cl)cnc3c(=O)n2Cc2ccccc2)C(C)C)C(c2ccc(C)c(F)c2)=N1. The van der Waals surface area contributed by atoms with Crippen molar-refractivity contribution in [2.75, 3.05) is 6.54 Å². The van der Waals surface area contributed by atoms with E-state index in [2.05, 4.69) is 21.5 Å². The monoisotopic (exact) mass is 516 g/mol. The van der Waals surface area contributed by atoms with Crippen LogP contribution in [-0.4, -0.2) is 36.8 Å².